The molecule has 0 saturated heterocycles. The Morgan fingerprint density at radius 3 is 3.18 bits per heavy atom. The molecule has 0 aliphatic rings. The van der Waals surface area contributed by atoms with E-state index in [9.17, 15) is 4.39 Å². The maximum absolute atomic E-state index is 13.2. The zero-order valence-corrected chi connectivity index (χ0v) is 6.79. The van der Waals surface area contributed by atoms with Crippen molar-refractivity contribution in [2.45, 2.75) is 6.37 Å². The first-order valence-corrected chi connectivity index (χ1v) is 3.39. The topological polar surface area (TPSA) is 23.8 Å². The lowest BCUT2D eigenvalue weighted by atomic mass is 10.2. The van der Waals surface area contributed by atoms with Crippen molar-refractivity contribution in [3.63, 3.8) is 0 Å². The molecule has 0 heterocycles. The van der Waals surface area contributed by atoms with Crippen LogP contribution in [-0.4, -0.2) is 0 Å². The van der Waals surface area contributed by atoms with Gasteiger partial charge < -0.3 is 0 Å². The molecule has 0 fully saturated rings. The van der Waals surface area contributed by atoms with Crippen LogP contribution in [0.5, 0.6) is 0 Å². The smallest absolute Gasteiger partial charge is 0.137 e. The number of nitrogens with zero attached hydrogens (tertiary/aromatic N) is 1. The lowest BCUT2D eigenvalue weighted by Crippen LogP contribution is -1.83. The van der Waals surface area contributed by atoms with Crippen molar-refractivity contribution in [2.75, 3.05) is 0 Å². The SMILES string of the molecule is [2H]c1c([2H])c(C([2H])([2H])C#N)c([2H])c(Br)c1F. The highest BCUT2D eigenvalue weighted by Gasteiger charge is 1.98. The molecule has 56 valence electrons. The molecule has 1 nitrogen and oxygen atoms in total. The highest BCUT2D eigenvalue weighted by atomic mass is 79.9. The van der Waals surface area contributed by atoms with Crippen LogP contribution >= 0.6 is 15.9 Å². The first-order chi connectivity index (χ1) is 7.24. The average Bonchev–Trinajstić information content (AvgIpc) is 2.23. The zero-order chi connectivity index (χ0) is 12.7. The van der Waals surface area contributed by atoms with Crippen LogP contribution in [0.1, 0.15) is 12.4 Å². The van der Waals surface area contributed by atoms with Gasteiger partial charge in [-0.15, -0.1) is 0 Å². The quantitative estimate of drug-likeness (QED) is 0.712. The number of halogens is 2. The predicted molar refractivity (Wildman–Crippen MR) is 43.4 cm³/mol. The summed E-state index contributed by atoms with van der Waals surface area (Å²) >= 11 is 2.69. The molecule has 1 rings (SSSR count). The Kier molecular flexibility index (Phi) is 1.17. The van der Waals surface area contributed by atoms with Crippen molar-refractivity contribution in [2.24, 2.45) is 0 Å². The maximum atomic E-state index is 13.2. The predicted octanol–water partition coefficient (Wildman–Crippen LogP) is 2.65. The minimum atomic E-state index is -2.60. The third-order valence-corrected chi connectivity index (χ3v) is 1.45. The van der Waals surface area contributed by atoms with Gasteiger partial charge in [-0.05, 0) is 33.6 Å². The molecule has 0 radical (unpaired) electrons. The summed E-state index contributed by atoms with van der Waals surface area (Å²) in [6, 6.07) is -0.957. The summed E-state index contributed by atoms with van der Waals surface area (Å²) in [4.78, 5) is 0. The van der Waals surface area contributed by atoms with Crippen LogP contribution in [0.15, 0.2) is 22.6 Å². The summed E-state index contributed by atoms with van der Waals surface area (Å²) in [5.41, 5.74) is -0.603. The van der Waals surface area contributed by atoms with E-state index in [1.54, 1.807) is 0 Å². The van der Waals surface area contributed by atoms with Gasteiger partial charge in [-0.1, -0.05) is 6.04 Å². The molecule has 0 N–H and O–H groups in total. The van der Waals surface area contributed by atoms with Gasteiger partial charge in [0.25, 0.3) is 0 Å². The van der Waals surface area contributed by atoms with E-state index in [-0.39, 0.29) is 0 Å². The summed E-state index contributed by atoms with van der Waals surface area (Å²) in [5, 5.41) is 8.59. The fourth-order valence-electron chi connectivity index (χ4n) is 0.487. The molecule has 0 bridgehead atoms. The Hall–Kier alpha value is -0.880. The van der Waals surface area contributed by atoms with Gasteiger partial charge in [0.2, 0.25) is 0 Å². The van der Waals surface area contributed by atoms with E-state index in [1.807, 2.05) is 0 Å². The lowest BCUT2D eigenvalue weighted by Gasteiger charge is -1.96. The summed E-state index contributed by atoms with van der Waals surface area (Å²) in [6.45, 7) is 0. The van der Waals surface area contributed by atoms with Crippen molar-refractivity contribution in [1.82, 2.24) is 0 Å². The molecule has 3 heteroatoms. The molecule has 0 aromatic heterocycles. The van der Waals surface area contributed by atoms with Crippen molar-refractivity contribution < 1.29 is 11.2 Å². The fraction of sp³-hybridized carbons (Fsp3) is 0.125. The zero-order valence-electron chi connectivity index (χ0n) is 10.2. The molecule has 0 aliphatic heterocycles. The highest BCUT2D eigenvalue weighted by molar-refractivity contribution is 9.10. The van der Waals surface area contributed by atoms with Gasteiger partial charge in [0, 0.05) is 2.74 Å². The number of hydrogen-bond donors (Lipinski definition) is 0. The molecule has 1 aromatic carbocycles. The molecule has 0 spiro atoms. The van der Waals surface area contributed by atoms with Crippen LogP contribution in [-0.2, 0) is 6.37 Å². The summed E-state index contributed by atoms with van der Waals surface area (Å²) in [5.74, 6) is -1.10. The molecular weight excluding hydrogens is 209 g/mol. The lowest BCUT2D eigenvalue weighted by molar-refractivity contribution is 0.620. The number of nitriles is 1. The van der Waals surface area contributed by atoms with E-state index in [2.05, 4.69) is 15.9 Å². The number of benzene rings is 1. The molecule has 0 atom stereocenters. The minimum Gasteiger partial charge on any atom is -0.206 e. The molecule has 0 aliphatic carbocycles. The molecule has 11 heavy (non-hydrogen) atoms. The molecular formula is C8H5BrFN. The van der Waals surface area contributed by atoms with E-state index < -0.39 is 40.4 Å². The number of rotatable bonds is 1. The van der Waals surface area contributed by atoms with Gasteiger partial charge in [0.15, 0.2) is 0 Å². The second kappa shape index (κ2) is 3.49. The first-order valence-electron chi connectivity index (χ1n) is 5.10. The monoisotopic (exact) mass is 218 g/mol. The van der Waals surface area contributed by atoms with Gasteiger partial charge in [0.05, 0.1) is 21.0 Å². The minimum absolute atomic E-state index is 0.414. The Bertz CT molecular complexity index is 467. The Balaban J connectivity index is 3.73. The van der Waals surface area contributed by atoms with Crippen molar-refractivity contribution in [1.29, 1.82) is 5.26 Å². The number of hydrogen-bond acceptors (Lipinski definition) is 1. The summed E-state index contributed by atoms with van der Waals surface area (Å²) in [6.07, 6.45) is -2.60. The Labute approximate surface area is 79.6 Å². The van der Waals surface area contributed by atoms with E-state index in [4.69, 9.17) is 12.1 Å². The summed E-state index contributed by atoms with van der Waals surface area (Å²) < 4.78 is 49.5. The highest BCUT2D eigenvalue weighted by Crippen LogP contribution is 2.16. The van der Waals surface area contributed by atoms with Gasteiger partial charge in [0.1, 0.15) is 5.82 Å². The van der Waals surface area contributed by atoms with Crippen LogP contribution in [0.4, 0.5) is 4.39 Å². The standard InChI is InChI=1S/C8H5BrFN/c9-7-5-6(3-4-11)1-2-8(7)10/h1-2,5H,3H2/i1D,2D,3D2,5D. The second-order valence-electron chi connectivity index (χ2n) is 1.61. The molecule has 0 unspecified atom stereocenters. The van der Waals surface area contributed by atoms with E-state index >= 15 is 0 Å². The first kappa shape index (κ1) is 3.68. The second-order valence-corrected chi connectivity index (χ2v) is 2.41. The van der Waals surface area contributed by atoms with Gasteiger partial charge in [-0.25, -0.2) is 4.39 Å². The maximum Gasteiger partial charge on any atom is 0.137 e. The van der Waals surface area contributed by atoms with E-state index in [0.29, 0.717) is 0 Å². The van der Waals surface area contributed by atoms with Crippen LogP contribution in [0.25, 0.3) is 0 Å². The van der Waals surface area contributed by atoms with Crippen LogP contribution in [0.3, 0.4) is 0 Å². The average molecular weight is 219 g/mol. The van der Waals surface area contributed by atoms with E-state index in [0.717, 1.165) is 0 Å². The molecule has 0 amide bonds. The fourth-order valence-corrected chi connectivity index (χ4v) is 0.784. The van der Waals surface area contributed by atoms with Gasteiger partial charge in [-0.2, -0.15) is 5.26 Å². The summed E-state index contributed by atoms with van der Waals surface area (Å²) in [7, 11) is 0. The van der Waals surface area contributed by atoms with E-state index in [1.165, 1.54) is 6.07 Å². The normalized spacial score (nSPS) is 17.0. The van der Waals surface area contributed by atoms with Crippen LogP contribution in [0.2, 0.25) is 0 Å². The Morgan fingerprint density at radius 2 is 2.55 bits per heavy atom. The van der Waals surface area contributed by atoms with Crippen molar-refractivity contribution in [3.05, 3.63) is 34.0 Å². The largest absolute Gasteiger partial charge is 0.206 e. The third-order valence-electron chi connectivity index (χ3n) is 0.906. The van der Waals surface area contributed by atoms with Crippen LogP contribution < -0.4 is 0 Å². The molecule has 1 aromatic rings. The molecule has 0 saturated carbocycles. The van der Waals surface area contributed by atoms with Crippen LogP contribution in [0, 0.1) is 17.1 Å². The van der Waals surface area contributed by atoms with Gasteiger partial charge >= 0.3 is 0 Å². The van der Waals surface area contributed by atoms with Crippen molar-refractivity contribution in [3.8, 4) is 6.07 Å². The third kappa shape index (κ3) is 2.02. The van der Waals surface area contributed by atoms with Crippen molar-refractivity contribution >= 4 is 15.9 Å². The Morgan fingerprint density at radius 1 is 1.82 bits per heavy atom. The van der Waals surface area contributed by atoms with Gasteiger partial charge in [-0.3, -0.25) is 0 Å².